The minimum absolute atomic E-state index is 0.551. The fourth-order valence-electron chi connectivity index (χ4n) is 1.58. The Hall–Kier alpha value is -2.12. The van der Waals surface area contributed by atoms with Gasteiger partial charge >= 0.3 is 0 Å². The largest absolute Gasteiger partial charge is 0.389 e. The molecule has 0 fully saturated rings. The summed E-state index contributed by atoms with van der Waals surface area (Å²) in [5.41, 5.74) is 2.04. The van der Waals surface area contributed by atoms with Gasteiger partial charge in [0, 0.05) is 18.0 Å². The summed E-state index contributed by atoms with van der Waals surface area (Å²) in [6.07, 6.45) is 2.85. The molecule has 0 spiro atoms. The summed E-state index contributed by atoms with van der Waals surface area (Å²) in [4.78, 5) is 0. The maximum atomic E-state index is 9.64. The minimum Gasteiger partial charge on any atom is -0.389 e. The molecule has 2 aromatic rings. The van der Waals surface area contributed by atoms with E-state index in [1.165, 1.54) is 0 Å². The van der Waals surface area contributed by atoms with Crippen molar-refractivity contribution >= 4 is 0 Å². The van der Waals surface area contributed by atoms with Crippen molar-refractivity contribution in [3.63, 3.8) is 0 Å². The van der Waals surface area contributed by atoms with Crippen LogP contribution >= 0.6 is 0 Å². The molecule has 1 atom stereocenters. The second-order valence-corrected chi connectivity index (χ2v) is 3.51. The normalized spacial score (nSPS) is 12.1. The Morgan fingerprint density at radius 2 is 2.31 bits per heavy atom. The van der Waals surface area contributed by atoms with Gasteiger partial charge in [-0.1, -0.05) is 6.07 Å². The summed E-state index contributed by atoms with van der Waals surface area (Å²) in [5.74, 6) is 0. The number of nitriles is 1. The first-order valence-electron chi connectivity index (χ1n) is 4.94. The molecule has 0 bridgehead atoms. The Labute approximate surface area is 93.4 Å². The van der Waals surface area contributed by atoms with Gasteiger partial charge < -0.3 is 5.11 Å². The van der Waals surface area contributed by atoms with Crippen molar-refractivity contribution in [1.29, 1.82) is 5.26 Å². The van der Waals surface area contributed by atoms with E-state index in [9.17, 15) is 5.11 Å². The van der Waals surface area contributed by atoms with Crippen LogP contribution < -0.4 is 0 Å². The highest BCUT2D eigenvalue weighted by Crippen LogP contribution is 2.22. The van der Waals surface area contributed by atoms with Crippen molar-refractivity contribution in [2.75, 3.05) is 0 Å². The van der Waals surface area contributed by atoms with Crippen LogP contribution in [0.1, 0.15) is 24.2 Å². The lowest BCUT2D eigenvalue weighted by Crippen LogP contribution is -2.03. The number of rotatable bonds is 2. The van der Waals surface area contributed by atoms with Gasteiger partial charge in [-0.15, -0.1) is 0 Å². The molecule has 0 saturated heterocycles. The Kier molecular flexibility index (Phi) is 2.71. The Morgan fingerprint density at radius 3 is 2.88 bits per heavy atom. The van der Waals surface area contributed by atoms with Gasteiger partial charge in [-0.05, 0) is 25.1 Å². The average molecular weight is 213 g/mol. The van der Waals surface area contributed by atoms with E-state index in [4.69, 9.17) is 5.26 Å². The van der Waals surface area contributed by atoms with Crippen LogP contribution in [0.25, 0.3) is 5.69 Å². The number of benzene rings is 1. The summed E-state index contributed by atoms with van der Waals surface area (Å²) in [6, 6.07) is 9.03. The van der Waals surface area contributed by atoms with Crippen molar-refractivity contribution in [3.8, 4) is 11.8 Å². The lowest BCUT2D eigenvalue weighted by Gasteiger charge is -2.12. The smallest absolute Gasteiger partial charge is 0.0992 e. The molecule has 0 aliphatic heterocycles. The molecule has 80 valence electrons. The van der Waals surface area contributed by atoms with Crippen LogP contribution in [0.2, 0.25) is 0 Å². The van der Waals surface area contributed by atoms with Gasteiger partial charge in [0.2, 0.25) is 0 Å². The Balaban J connectivity index is 2.61. The molecule has 16 heavy (non-hydrogen) atoms. The first-order valence-corrected chi connectivity index (χ1v) is 4.94. The highest BCUT2D eigenvalue weighted by Gasteiger charge is 2.10. The van der Waals surface area contributed by atoms with Crippen LogP contribution in [-0.2, 0) is 0 Å². The van der Waals surface area contributed by atoms with Gasteiger partial charge in [0.25, 0.3) is 0 Å². The summed E-state index contributed by atoms with van der Waals surface area (Å²) < 4.78 is 1.64. The van der Waals surface area contributed by atoms with Gasteiger partial charge in [0.1, 0.15) is 0 Å². The Bertz CT molecular complexity index is 524. The summed E-state index contributed by atoms with van der Waals surface area (Å²) in [7, 11) is 0. The molecule has 1 N–H and O–H groups in total. The molecule has 0 aliphatic rings. The highest BCUT2D eigenvalue weighted by molar-refractivity contribution is 5.48. The molecule has 0 saturated carbocycles. The first-order chi connectivity index (χ1) is 7.72. The maximum Gasteiger partial charge on any atom is 0.0992 e. The summed E-state index contributed by atoms with van der Waals surface area (Å²) in [6.45, 7) is 1.69. The summed E-state index contributed by atoms with van der Waals surface area (Å²) >= 11 is 0. The van der Waals surface area contributed by atoms with Crippen LogP contribution in [-0.4, -0.2) is 14.9 Å². The molecular weight excluding hydrogens is 202 g/mol. The number of aliphatic hydroxyl groups excluding tert-OH is 1. The van der Waals surface area contributed by atoms with E-state index >= 15 is 0 Å². The molecular formula is C12H11N3O. The van der Waals surface area contributed by atoms with E-state index in [1.807, 2.05) is 0 Å². The van der Waals surface area contributed by atoms with Crippen LogP contribution in [0.5, 0.6) is 0 Å². The van der Waals surface area contributed by atoms with Crippen LogP contribution in [0, 0.1) is 11.3 Å². The van der Waals surface area contributed by atoms with Crippen molar-refractivity contribution in [3.05, 3.63) is 47.8 Å². The van der Waals surface area contributed by atoms with Gasteiger partial charge in [-0.25, -0.2) is 4.68 Å². The van der Waals surface area contributed by atoms with E-state index in [1.54, 1.807) is 48.3 Å². The number of hydrogen-bond donors (Lipinski definition) is 1. The van der Waals surface area contributed by atoms with Gasteiger partial charge in [-0.3, -0.25) is 0 Å². The molecule has 1 unspecified atom stereocenters. The number of aromatic nitrogens is 2. The molecule has 0 radical (unpaired) electrons. The second kappa shape index (κ2) is 4.17. The third-order valence-electron chi connectivity index (χ3n) is 2.36. The quantitative estimate of drug-likeness (QED) is 0.827. The Morgan fingerprint density at radius 1 is 1.50 bits per heavy atom. The second-order valence-electron chi connectivity index (χ2n) is 3.51. The molecule has 4 heteroatoms. The third-order valence-corrected chi connectivity index (χ3v) is 2.36. The molecule has 0 aliphatic carbocycles. The standard InChI is InChI=1S/C12H11N3O/c1-9(16)11-4-3-10(8-13)7-12(11)15-6-2-5-14-15/h2-7,9,16H,1H3. The zero-order valence-electron chi connectivity index (χ0n) is 8.83. The summed E-state index contributed by atoms with van der Waals surface area (Å²) in [5, 5.41) is 22.6. The number of nitrogens with zero attached hydrogens (tertiary/aromatic N) is 3. The first kappa shape index (κ1) is 10.4. The van der Waals surface area contributed by atoms with E-state index in [-0.39, 0.29) is 0 Å². The van der Waals surface area contributed by atoms with Gasteiger partial charge in [0.05, 0.1) is 23.4 Å². The monoisotopic (exact) mass is 213 g/mol. The lowest BCUT2D eigenvalue weighted by atomic mass is 10.1. The van der Waals surface area contributed by atoms with E-state index in [0.29, 0.717) is 5.56 Å². The molecule has 4 nitrogen and oxygen atoms in total. The fourth-order valence-corrected chi connectivity index (χ4v) is 1.58. The van der Waals surface area contributed by atoms with Crippen molar-refractivity contribution in [1.82, 2.24) is 9.78 Å². The van der Waals surface area contributed by atoms with Crippen molar-refractivity contribution in [2.45, 2.75) is 13.0 Å². The zero-order chi connectivity index (χ0) is 11.5. The van der Waals surface area contributed by atoms with E-state index < -0.39 is 6.10 Å². The van der Waals surface area contributed by atoms with Crippen LogP contribution in [0.3, 0.4) is 0 Å². The molecule has 1 heterocycles. The van der Waals surface area contributed by atoms with Crippen molar-refractivity contribution < 1.29 is 5.11 Å². The molecule has 1 aromatic heterocycles. The van der Waals surface area contributed by atoms with Gasteiger partial charge in [-0.2, -0.15) is 10.4 Å². The minimum atomic E-state index is -0.591. The fraction of sp³-hybridized carbons (Fsp3) is 0.167. The lowest BCUT2D eigenvalue weighted by molar-refractivity contribution is 0.199. The molecule has 2 rings (SSSR count). The predicted octanol–water partition coefficient (Wildman–Crippen LogP) is 1.80. The predicted molar refractivity (Wildman–Crippen MR) is 58.9 cm³/mol. The SMILES string of the molecule is CC(O)c1ccc(C#N)cc1-n1cccn1. The number of aliphatic hydroxyl groups is 1. The van der Waals surface area contributed by atoms with Crippen LogP contribution in [0.15, 0.2) is 36.7 Å². The molecule has 0 amide bonds. The highest BCUT2D eigenvalue weighted by atomic mass is 16.3. The maximum absolute atomic E-state index is 9.64. The van der Waals surface area contributed by atoms with Gasteiger partial charge in [0.15, 0.2) is 0 Å². The van der Waals surface area contributed by atoms with E-state index in [2.05, 4.69) is 11.2 Å². The average Bonchev–Trinajstić information content (AvgIpc) is 2.81. The van der Waals surface area contributed by atoms with E-state index in [0.717, 1.165) is 11.3 Å². The number of hydrogen-bond acceptors (Lipinski definition) is 3. The zero-order valence-corrected chi connectivity index (χ0v) is 8.83. The van der Waals surface area contributed by atoms with Crippen LogP contribution in [0.4, 0.5) is 0 Å². The topological polar surface area (TPSA) is 61.8 Å². The van der Waals surface area contributed by atoms with Crippen molar-refractivity contribution in [2.24, 2.45) is 0 Å². The third kappa shape index (κ3) is 1.81. The molecule has 1 aromatic carbocycles.